The van der Waals surface area contributed by atoms with Crippen molar-refractivity contribution in [3.8, 4) is 0 Å². The number of fused-ring (bicyclic) bond motifs is 1. The maximum Gasteiger partial charge on any atom is 0.122 e. The highest BCUT2D eigenvalue weighted by atomic mass is 16.5. The summed E-state index contributed by atoms with van der Waals surface area (Å²) in [5.74, 6) is 1.00. The van der Waals surface area contributed by atoms with Gasteiger partial charge in [-0.05, 0) is 43.4 Å². The predicted molar refractivity (Wildman–Crippen MR) is 107 cm³/mol. The van der Waals surface area contributed by atoms with Gasteiger partial charge in [0.1, 0.15) is 6.23 Å². The predicted octanol–water partition coefficient (Wildman–Crippen LogP) is 5.89. The lowest BCUT2D eigenvalue weighted by molar-refractivity contribution is 0.0132. The molecule has 0 aromatic heterocycles. The monoisotopic (exact) mass is 352 g/mol. The van der Waals surface area contributed by atoms with Crippen molar-refractivity contribution in [2.45, 2.75) is 117 Å². The Bertz CT molecular complexity index is 332. The van der Waals surface area contributed by atoms with Gasteiger partial charge in [-0.15, -0.1) is 0 Å². The van der Waals surface area contributed by atoms with Gasteiger partial charge in [-0.1, -0.05) is 66.2 Å². The van der Waals surface area contributed by atoms with Crippen LogP contribution in [-0.4, -0.2) is 30.4 Å². The summed E-state index contributed by atoms with van der Waals surface area (Å²) in [6.45, 7) is 11.5. The molecule has 0 spiro atoms. The Hall–Kier alpha value is -0.120. The van der Waals surface area contributed by atoms with E-state index < -0.39 is 0 Å². The first-order valence-electron chi connectivity index (χ1n) is 11.1. The molecule has 2 heterocycles. The van der Waals surface area contributed by atoms with Crippen LogP contribution in [0, 0.1) is 11.3 Å². The van der Waals surface area contributed by atoms with Gasteiger partial charge in [0.05, 0.1) is 0 Å². The summed E-state index contributed by atoms with van der Waals surface area (Å²) < 4.78 is 5.84. The fourth-order valence-electron chi connectivity index (χ4n) is 4.55. The van der Waals surface area contributed by atoms with Crippen molar-refractivity contribution in [3.05, 3.63) is 0 Å². The molecule has 2 saturated heterocycles. The molecule has 3 heteroatoms. The Morgan fingerprint density at radius 2 is 1.68 bits per heavy atom. The van der Waals surface area contributed by atoms with E-state index in [9.17, 15) is 0 Å². The van der Waals surface area contributed by atoms with Crippen molar-refractivity contribution in [3.63, 3.8) is 0 Å². The molecule has 2 atom stereocenters. The van der Waals surface area contributed by atoms with Crippen molar-refractivity contribution < 1.29 is 4.74 Å². The quantitative estimate of drug-likeness (QED) is 0.624. The fourth-order valence-corrected chi connectivity index (χ4v) is 4.55. The molecule has 1 aliphatic carbocycles. The van der Waals surface area contributed by atoms with E-state index in [0.717, 1.165) is 18.6 Å². The number of hydrogen-bond donors (Lipinski definition) is 1. The molecule has 0 aromatic rings. The summed E-state index contributed by atoms with van der Waals surface area (Å²) in [5.41, 5.74) is 4.05. The van der Waals surface area contributed by atoms with Gasteiger partial charge >= 0.3 is 0 Å². The van der Waals surface area contributed by atoms with Crippen molar-refractivity contribution in [2.75, 3.05) is 13.2 Å². The van der Waals surface area contributed by atoms with Gasteiger partial charge in [0.15, 0.2) is 0 Å². The number of hydrogen-bond acceptors (Lipinski definition) is 3. The molecule has 0 radical (unpaired) electrons. The highest BCUT2D eigenvalue weighted by Crippen LogP contribution is 2.37. The lowest BCUT2D eigenvalue weighted by atomic mass is 9.72. The molecule has 148 valence electrons. The lowest BCUT2D eigenvalue weighted by Gasteiger charge is -2.33. The lowest BCUT2D eigenvalue weighted by Crippen LogP contribution is -2.42. The summed E-state index contributed by atoms with van der Waals surface area (Å²) in [6.07, 6.45) is 16.7. The fraction of sp³-hybridized carbons (Fsp3) is 1.00. The number of unbranched alkanes of at least 4 members (excludes halogenated alkanes) is 2. The SMILES string of the molecule is CC(C)(C)C1CCCCC1.CCCCCOC1CC2CCCCN2N1. The number of nitrogens with one attached hydrogen (secondary N) is 1. The summed E-state index contributed by atoms with van der Waals surface area (Å²) >= 11 is 0. The molecule has 1 N–H and O–H groups in total. The molecule has 2 aliphatic heterocycles. The van der Waals surface area contributed by atoms with Crippen LogP contribution >= 0.6 is 0 Å². The van der Waals surface area contributed by atoms with Gasteiger partial charge in [0.2, 0.25) is 0 Å². The highest BCUT2D eigenvalue weighted by molar-refractivity contribution is 4.83. The Labute approximate surface area is 157 Å². The highest BCUT2D eigenvalue weighted by Gasteiger charge is 2.33. The van der Waals surface area contributed by atoms with E-state index in [0.29, 0.717) is 11.6 Å². The van der Waals surface area contributed by atoms with Gasteiger partial charge in [-0.25, -0.2) is 10.4 Å². The summed E-state index contributed by atoms with van der Waals surface area (Å²) in [4.78, 5) is 0. The van der Waals surface area contributed by atoms with E-state index in [1.54, 1.807) is 0 Å². The zero-order valence-electron chi connectivity index (χ0n) is 17.5. The van der Waals surface area contributed by atoms with Crippen LogP contribution in [0.2, 0.25) is 0 Å². The van der Waals surface area contributed by atoms with Crippen LogP contribution in [-0.2, 0) is 4.74 Å². The third-order valence-corrected chi connectivity index (χ3v) is 6.32. The molecule has 0 aromatic carbocycles. The van der Waals surface area contributed by atoms with Crippen LogP contribution in [0.4, 0.5) is 0 Å². The zero-order valence-corrected chi connectivity index (χ0v) is 17.5. The van der Waals surface area contributed by atoms with E-state index in [-0.39, 0.29) is 0 Å². The first kappa shape index (κ1) is 21.2. The number of hydrazine groups is 1. The summed E-state index contributed by atoms with van der Waals surface area (Å²) in [7, 11) is 0. The molecule has 3 nitrogen and oxygen atoms in total. The Kier molecular flexibility index (Phi) is 9.23. The minimum absolute atomic E-state index is 0.296. The van der Waals surface area contributed by atoms with Crippen LogP contribution in [0.3, 0.4) is 0 Å². The smallest absolute Gasteiger partial charge is 0.122 e. The van der Waals surface area contributed by atoms with Crippen molar-refractivity contribution in [1.29, 1.82) is 0 Å². The van der Waals surface area contributed by atoms with E-state index in [1.807, 2.05) is 0 Å². The molecular formula is C22H44N2O. The molecule has 0 bridgehead atoms. The molecule has 0 amide bonds. The second kappa shape index (κ2) is 10.9. The third-order valence-electron chi connectivity index (χ3n) is 6.32. The van der Waals surface area contributed by atoms with E-state index >= 15 is 0 Å². The normalized spacial score (nSPS) is 28.3. The number of rotatable bonds is 5. The Balaban J connectivity index is 0.000000196. The molecular weight excluding hydrogens is 308 g/mol. The largest absolute Gasteiger partial charge is 0.362 e. The number of ether oxygens (including phenoxy) is 1. The summed E-state index contributed by atoms with van der Waals surface area (Å²) in [6, 6.07) is 0.745. The Morgan fingerprint density at radius 1 is 0.960 bits per heavy atom. The minimum atomic E-state index is 0.296. The second-order valence-electron chi connectivity index (χ2n) is 9.48. The molecule has 1 saturated carbocycles. The van der Waals surface area contributed by atoms with E-state index in [1.165, 1.54) is 83.6 Å². The maximum absolute atomic E-state index is 5.84. The van der Waals surface area contributed by atoms with Gasteiger partial charge in [0, 0.05) is 25.6 Å². The van der Waals surface area contributed by atoms with Crippen LogP contribution in [0.15, 0.2) is 0 Å². The van der Waals surface area contributed by atoms with Crippen LogP contribution in [0.5, 0.6) is 0 Å². The van der Waals surface area contributed by atoms with Gasteiger partial charge in [-0.3, -0.25) is 0 Å². The van der Waals surface area contributed by atoms with Crippen molar-refractivity contribution in [1.82, 2.24) is 10.4 Å². The van der Waals surface area contributed by atoms with E-state index in [4.69, 9.17) is 4.74 Å². The van der Waals surface area contributed by atoms with Crippen LogP contribution in [0.25, 0.3) is 0 Å². The second-order valence-corrected chi connectivity index (χ2v) is 9.48. The van der Waals surface area contributed by atoms with Crippen molar-refractivity contribution in [2.24, 2.45) is 11.3 Å². The van der Waals surface area contributed by atoms with Crippen molar-refractivity contribution >= 4 is 0 Å². The standard InChI is InChI=1S/C12H24N2O.C10H20/c1-2-3-6-9-15-12-10-11-7-4-5-8-14(11)13-12;1-10(2,3)9-7-5-4-6-8-9/h11-13H,2-10H2,1H3;9H,4-8H2,1-3H3. The number of nitrogens with zero attached hydrogens (tertiary/aromatic N) is 1. The zero-order chi connectivity index (χ0) is 18.1. The average Bonchev–Trinajstić information content (AvgIpc) is 3.02. The summed E-state index contributed by atoms with van der Waals surface area (Å²) in [5, 5.41) is 2.40. The first-order valence-corrected chi connectivity index (χ1v) is 11.1. The first-order chi connectivity index (χ1) is 12.0. The molecule has 3 rings (SSSR count). The molecule has 3 aliphatic rings. The minimum Gasteiger partial charge on any atom is -0.362 e. The topological polar surface area (TPSA) is 24.5 Å². The van der Waals surface area contributed by atoms with E-state index in [2.05, 4.69) is 38.1 Å². The van der Waals surface area contributed by atoms with Gasteiger partial charge in [-0.2, -0.15) is 0 Å². The van der Waals surface area contributed by atoms with Gasteiger partial charge in [0.25, 0.3) is 0 Å². The Morgan fingerprint density at radius 3 is 2.28 bits per heavy atom. The third kappa shape index (κ3) is 7.56. The van der Waals surface area contributed by atoms with Crippen LogP contribution in [0.1, 0.15) is 105 Å². The molecule has 2 unspecified atom stereocenters. The molecule has 25 heavy (non-hydrogen) atoms. The molecule has 3 fully saturated rings. The van der Waals surface area contributed by atoms with Gasteiger partial charge < -0.3 is 4.74 Å². The van der Waals surface area contributed by atoms with Crippen LogP contribution < -0.4 is 5.43 Å². The average molecular weight is 353 g/mol. The number of piperidine rings is 1. The maximum atomic E-state index is 5.84.